The average Bonchev–Trinajstić information content (AvgIpc) is 2.69. The van der Waals surface area contributed by atoms with Crippen molar-refractivity contribution in [3.8, 4) is 35.5 Å². The maximum atomic E-state index is 11.6. The summed E-state index contributed by atoms with van der Waals surface area (Å²) in [7, 11) is 0. The lowest BCUT2D eigenvalue weighted by atomic mass is 10.0. The number of cyclic esters (lactones) is 1. The first-order valence-corrected chi connectivity index (χ1v) is 5.66. The van der Waals surface area contributed by atoms with Gasteiger partial charge in [0.2, 0.25) is 0 Å². The van der Waals surface area contributed by atoms with Crippen molar-refractivity contribution in [1.29, 1.82) is 0 Å². The van der Waals surface area contributed by atoms with Crippen molar-refractivity contribution >= 4 is 11.8 Å². The normalized spacial score (nSPS) is 25.0. The standard InChI is InChI=1S/C14H12O6/c1-2-3-4-5-6-7-8-9(15)10(16)13-11(17)12(18)14(19)20-13/h10-13,16-18H,8H2,1H3/t10-,11+,12-,13+/m0/s1. The molecule has 0 saturated carbocycles. The van der Waals surface area contributed by atoms with Gasteiger partial charge in [-0.25, -0.2) is 4.79 Å². The molecule has 0 aromatic heterocycles. The number of aliphatic hydroxyl groups excluding tert-OH is 3. The van der Waals surface area contributed by atoms with E-state index >= 15 is 0 Å². The molecular formula is C14H12O6. The smallest absolute Gasteiger partial charge is 0.338 e. The Hall–Kier alpha value is -2.30. The molecule has 0 aromatic carbocycles. The molecule has 0 bridgehead atoms. The third-order valence-corrected chi connectivity index (χ3v) is 2.46. The first kappa shape index (κ1) is 15.8. The quantitative estimate of drug-likeness (QED) is 0.406. The Bertz CT molecular complexity index is 574. The molecule has 0 spiro atoms. The first-order chi connectivity index (χ1) is 9.49. The highest BCUT2D eigenvalue weighted by atomic mass is 16.6. The maximum Gasteiger partial charge on any atom is 0.338 e. The Morgan fingerprint density at radius 1 is 1.30 bits per heavy atom. The molecule has 104 valence electrons. The number of esters is 1. The lowest BCUT2D eigenvalue weighted by molar-refractivity contribution is -0.153. The van der Waals surface area contributed by atoms with Crippen LogP contribution in [0.2, 0.25) is 0 Å². The SMILES string of the molecule is CC#CC#CC#CCC(=O)[C@H](O)[C@H]1OC(=O)[C@@H](O)[C@H]1O. The van der Waals surface area contributed by atoms with Gasteiger partial charge in [0.15, 0.2) is 24.1 Å². The monoisotopic (exact) mass is 276 g/mol. The highest BCUT2D eigenvalue weighted by Crippen LogP contribution is 2.19. The van der Waals surface area contributed by atoms with Gasteiger partial charge in [-0.2, -0.15) is 0 Å². The summed E-state index contributed by atoms with van der Waals surface area (Å²) >= 11 is 0. The van der Waals surface area contributed by atoms with E-state index in [4.69, 9.17) is 5.11 Å². The minimum Gasteiger partial charge on any atom is -0.454 e. The maximum absolute atomic E-state index is 11.6. The van der Waals surface area contributed by atoms with Gasteiger partial charge < -0.3 is 20.1 Å². The lowest BCUT2D eigenvalue weighted by Gasteiger charge is -2.17. The Morgan fingerprint density at radius 3 is 2.50 bits per heavy atom. The fourth-order valence-electron chi connectivity index (χ4n) is 1.43. The highest BCUT2D eigenvalue weighted by Gasteiger charge is 2.47. The molecule has 1 aliphatic heterocycles. The number of aliphatic hydroxyl groups is 3. The van der Waals surface area contributed by atoms with E-state index < -0.39 is 36.2 Å². The summed E-state index contributed by atoms with van der Waals surface area (Å²) in [6, 6.07) is 0. The van der Waals surface area contributed by atoms with E-state index in [-0.39, 0.29) is 6.42 Å². The number of hydrogen-bond acceptors (Lipinski definition) is 6. The first-order valence-electron chi connectivity index (χ1n) is 5.66. The molecule has 0 amide bonds. The molecule has 1 saturated heterocycles. The molecule has 1 rings (SSSR count). The van der Waals surface area contributed by atoms with E-state index in [9.17, 15) is 19.8 Å². The highest BCUT2D eigenvalue weighted by molar-refractivity contribution is 5.87. The van der Waals surface area contributed by atoms with E-state index in [1.807, 2.05) is 0 Å². The third-order valence-electron chi connectivity index (χ3n) is 2.46. The predicted molar refractivity (Wildman–Crippen MR) is 66.5 cm³/mol. The van der Waals surface area contributed by atoms with E-state index in [1.54, 1.807) is 6.92 Å². The third kappa shape index (κ3) is 3.85. The fraction of sp³-hybridized carbons (Fsp3) is 0.429. The summed E-state index contributed by atoms with van der Waals surface area (Å²) in [4.78, 5) is 22.5. The van der Waals surface area contributed by atoms with Crippen LogP contribution >= 0.6 is 0 Å². The zero-order chi connectivity index (χ0) is 15.1. The largest absolute Gasteiger partial charge is 0.454 e. The van der Waals surface area contributed by atoms with Crippen molar-refractivity contribution in [2.75, 3.05) is 0 Å². The van der Waals surface area contributed by atoms with Gasteiger partial charge >= 0.3 is 5.97 Å². The zero-order valence-electron chi connectivity index (χ0n) is 10.6. The fourth-order valence-corrected chi connectivity index (χ4v) is 1.43. The van der Waals surface area contributed by atoms with Crippen molar-refractivity contribution in [2.45, 2.75) is 37.8 Å². The van der Waals surface area contributed by atoms with Crippen molar-refractivity contribution in [1.82, 2.24) is 0 Å². The van der Waals surface area contributed by atoms with Gasteiger partial charge in [0.1, 0.15) is 6.10 Å². The van der Waals surface area contributed by atoms with Gasteiger partial charge in [-0.05, 0) is 30.6 Å². The molecule has 6 heteroatoms. The lowest BCUT2D eigenvalue weighted by Crippen LogP contribution is -2.42. The number of carbonyl (C=O) groups excluding carboxylic acids is 2. The summed E-state index contributed by atoms with van der Waals surface area (Å²) in [5.41, 5.74) is 0. The van der Waals surface area contributed by atoms with Crippen LogP contribution in [0.5, 0.6) is 0 Å². The van der Waals surface area contributed by atoms with Gasteiger partial charge in [-0.15, -0.1) is 0 Å². The number of Topliss-reactive ketones (excluding diaryl/α,β-unsaturated/α-hetero) is 1. The van der Waals surface area contributed by atoms with Crippen LogP contribution in [0, 0.1) is 35.5 Å². The summed E-state index contributed by atoms with van der Waals surface area (Å²) < 4.78 is 4.52. The molecular weight excluding hydrogens is 264 g/mol. The van der Waals surface area contributed by atoms with Crippen molar-refractivity contribution in [3.63, 3.8) is 0 Å². The van der Waals surface area contributed by atoms with Crippen LogP contribution in [0.3, 0.4) is 0 Å². The Balaban J connectivity index is 2.58. The molecule has 3 N–H and O–H groups in total. The van der Waals surface area contributed by atoms with Gasteiger partial charge in [-0.3, -0.25) is 4.79 Å². The molecule has 0 radical (unpaired) electrons. The molecule has 0 aliphatic carbocycles. The van der Waals surface area contributed by atoms with Crippen LogP contribution in [0.25, 0.3) is 0 Å². The minimum atomic E-state index is -1.76. The average molecular weight is 276 g/mol. The van der Waals surface area contributed by atoms with E-state index in [1.165, 1.54) is 0 Å². The van der Waals surface area contributed by atoms with Crippen molar-refractivity contribution in [2.24, 2.45) is 0 Å². The molecule has 1 aliphatic rings. The van der Waals surface area contributed by atoms with Gasteiger partial charge in [0.05, 0.1) is 6.42 Å². The number of ketones is 1. The van der Waals surface area contributed by atoms with Crippen LogP contribution in [0.15, 0.2) is 0 Å². The molecule has 1 heterocycles. The molecule has 20 heavy (non-hydrogen) atoms. The number of carbonyl (C=O) groups is 2. The van der Waals surface area contributed by atoms with Crippen LogP contribution in [0.1, 0.15) is 13.3 Å². The van der Waals surface area contributed by atoms with Crippen LogP contribution in [0.4, 0.5) is 0 Å². The molecule has 4 atom stereocenters. The number of ether oxygens (including phenoxy) is 1. The second kappa shape index (κ2) is 7.33. The van der Waals surface area contributed by atoms with Crippen LogP contribution in [-0.4, -0.2) is 51.5 Å². The van der Waals surface area contributed by atoms with E-state index in [0.717, 1.165) is 0 Å². The topological polar surface area (TPSA) is 104 Å². The number of hydrogen-bond donors (Lipinski definition) is 3. The molecule has 6 nitrogen and oxygen atoms in total. The molecule has 0 aromatic rings. The van der Waals surface area contributed by atoms with Gasteiger partial charge in [-0.1, -0.05) is 11.8 Å². The Kier molecular flexibility index (Phi) is 5.77. The van der Waals surface area contributed by atoms with Crippen LogP contribution < -0.4 is 0 Å². The van der Waals surface area contributed by atoms with Crippen LogP contribution in [-0.2, 0) is 14.3 Å². The van der Waals surface area contributed by atoms with E-state index in [0.29, 0.717) is 0 Å². The predicted octanol–water partition coefficient (Wildman–Crippen LogP) is -2.02. The van der Waals surface area contributed by atoms with Crippen molar-refractivity contribution in [3.05, 3.63) is 0 Å². The zero-order valence-corrected chi connectivity index (χ0v) is 10.6. The van der Waals surface area contributed by atoms with Crippen molar-refractivity contribution < 1.29 is 29.6 Å². The van der Waals surface area contributed by atoms with Gasteiger partial charge in [0, 0.05) is 0 Å². The summed E-state index contributed by atoms with van der Waals surface area (Å²) in [6.45, 7) is 1.62. The second-order valence-electron chi connectivity index (χ2n) is 3.85. The summed E-state index contributed by atoms with van der Waals surface area (Å²) in [6.07, 6.45) is -6.96. The van der Waals surface area contributed by atoms with E-state index in [2.05, 4.69) is 40.3 Å². The molecule has 0 unspecified atom stereocenters. The Labute approximate surface area is 115 Å². The summed E-state index contributed by atoms with van der Waals surface area (Å²) in [5.74, 6) is 12.7. The minimum absolute atomic E-state index is 0.327. The molecule has 1 fully saturated rings. The summed E-state index contributed by atoms with van der Waals surface area (Å²) in [5, 5.41) is 28.2. The number of rotatable bonds is 3. The second-order valence-corrected chi connectivity index (χ2v) is 3.85. The van der Waals surface area contributed by atoms with Gasteiger partial charge in [0.25, 0.3) is 0 Å². The Morgan fingerprint density at radius 2 is 1.95 bits per heavy atom.